The first-order valence-corrected chi connectivity index (χ1v) is 6.12. The number of hydrogen-bond acceptors (Lipinski definition) is 5. The van der Waals surface area contributed by atoms with Crippen molar-refractivity contribution >= 4 is 21.9 Å². The molecule has 10 heteroatoms. The van der Waals surface area contributed by atoms with Gasteiger partial charge >= 0.3 is 27.4 Å². The fourth-order valence-electron chi connectivity index (χ4n) is 1.46. The average Bonchev–Trinajstić information content (AvgIpc) is 2.54. The number of carbonyl (C=O) groups excluding carboxylic acids is 2. The first kappa shape index (κ1) is 13.6. The highest BCUT2D eigenvalue weighted by atomic mass is 32.2. The predicted octanol–water partition coefficient (Wildman–Crippen LogP) is -0.353. The molecule has 102 valence electrons. The number of carbonyl (C=O) groups is 2. The van der Waals surface area contributed by atoms with Crippen LogP contribution >= 0.6 is 0 Å². The molecule has 1 heterocycles. The zero-order valence-electron chi connectivity index (χ0n) is 8.89. The highest BCUT2D eigenvalue weighted by Crippen LogP contribution is 2.23. The van der Waals surface area contributed by atoms with E-state index in [1.54, 1.807) is 0 Å². The van der Waals surface area contributed by atoms with Crippen LogP contribution in [-0.4, -0.2) is 25.7 Å². The van der Waals surface area contributed by atoms with E-state index in [4.69, 9.17) is 0 Å². The minimum absolute atomic E-state index is 0.195. The molecule has 1 aliphatic rings. The highest BCUT2D eigenvalue weighted by molar-refractivity contribution is 7.87. The Morgan fingerprint density at radius 1 is 1.00 bits per heavy atom. The topological polar surface area (TPSA) is 81.9 Å². The quantitative estimate of drug-likeness (QED) is 0.596. The maximum absolute atomic E-state index is 12.1. The van der Waals surface area contributed by atoms with Gasteiger partial charge in [0.1, 0.15) is 0 Å². The lowest BCUT2D eigenvalue weighted by Crippen LogP contribution is -3.14. The molecule has 0 saturated carbocycles. The van der Waals surface area contributed by atoms with Crippen molar-refractivity contribution in [3.05, 3.63) is 35.4 Å². The summed E-state index contributed by atoms with van der Waals surface area (Å²) in [6, 6.07) is 5.13. The number of alkyl halides is 3. The van der Waals surface area contributed by atoms with E-state index in [1.165, 1.54) is 24.3 Å². The zero-order chi connectivity index (χ0) is 14.4. The summed E-state index contributed by atoms with van der Waals surface area (Å²) in [5, 5.41) is -1.36. The smallest absolute Gasteiger partial charge is 0.221 e. The molecule has 0 unspecified atom stereocenters. The Balaban J connectivity index is 2.37. The Bertz CT molecular complexity index is 632. The van der Waals surface area contributed by atoms with Crippen LogP contribution < -0.4 is 5.06 Å². The summed E-state index contributed by atoms with van der Waals surface area (Å²) in [5.41, 5.74) is -6.10. The summed E-state index contributed by atoms with van der Waals surface area (Å²) in [6.07, 6.45) is 0. The van der Waals surface area contributed by atoms with E-state index < -0.39 is 32.5 Å². The Kier molecular flexibility index (Phi) is 2.96. The van der Waals surface area contributed by atoms with Crippen molar-refractivity contribution in [1.82, 2.24) is 0 Å². The Hall–Kier alpha value is -1.78. The lowest BCUT2D eigenvalue weighted by atomic mass is 10.1. The molecule has 1 aliphatic heterocycles. The summed E-state index contributed by atoms with van der Waals surface area (Å²) in [7, 11) is -6.04. The molecule has 6 nitrogen and oxygen atoms in total. The van der Waals surface area contributed by atoms with Crippen LogP contribution in [0.25, 0.3) is 0 Å². The first-order valence-electron chi connectivity index (χ1n) is 4.71. The van der Waals surface area contributed by atoms with E-state index in [-0.39, 0.29) is 11.1 Å². The number of amides is 2. The van der Waals surface area contributed by atoms with Gasteiger partial charge in [-0.3, -0.25) is 0 Å². The molecule has 0 spiro atoms. The van der Waals surface area contributed by atoms with Crippen molar-refractivity contribution in [2.24, 2.45) is 0 Å². The summed E-state index contributed by atoms with van der Waals surface area (Å²) in [6.45, 7) is 0. The van der Waals surface area contributed by atoms with Crippen LogP contribution in [0.1, 0.15) is 20.7 Å². The Morgan fingerprint density at radius 3 is 1.79 bits per heavy atom. The van der Waals surface area contributed by atoms with E-state index in [1.807, 2.05) is 0 Å². The number of imide groups is 1. The van der Waals surface area contributed by atoms with Gasteiger partial charge < -0.3 is 0 Å². The van der Waals surface area contributed by atoms with Crippen LogP contribution in [0.2, 0.25) is 0 Å². The second-order valence-corrected chi connectivity index (χ2v) is 5.05. The van der Waals surface area contributed by atoms with Gasteiger partial charge in [0.15, 0.2) is 0 Å². The summed E-state index contributed by atoms with van der Waals surface area (Å²) >= 11 is 0. The standard InChI is InChI=1S/C9H4F3NO5S/c10-9(11,12)19(16,17)18-13-7(14)5-3-1-2-4-6(5)8(13)15/h1-4H/p+1. The molecule has 19 heavy (non-hydrogen) atoms. The number of rotatable bonds is 2. The van der Waals surface area contributed by atoms with Gasteiger partial charge in [0, 0.05) is 0 Å². The second kappa shape index (κ2) is 4.11. The Morgan fingerprint density at radius 2 is 1.42 bits per heavy atom. The highest BCUT2D eigenvalue weighted by Gasteiger charge is 2.55. The van der Waals surface area contributed by atoms with Gasteiger partial charge in [0.25, 0.3) is 0 Å². The molecule has 0 bridgehead atoms. The van der Waals surface area contributed by atoms with Crippen LogP contribution in [0.15, 0.2) is 24.3 Å². The van der Waals surface area contributed by atoms with Crippen LogP contribution in [0.4, 0.5) is 13.2 Å². The summed E-state index contributed by atoms with van der Waals surface area (Å²) < 4.78 is 61.6. The van der Waals surface area contributed by atoms with E-state index in [2.05, 4.69) is 4.28 Å². The number of nitrogens with one attached hydrogen (secondary N) is 1. The van der Waals surface area contributed by atoms with Gasteiger partial charge in [0.2, 0.25) is 0 Å². The largest absolute Gasteiger partial charge is 0.528 e. The first-order chi connectivity index (χ1) is 8.65. The maximum atomic E-state index is 12.1. The van der Waals surface area contributed by atoms with Crippen molar-refractivity contribution in [2.75, 3.05) is 0 Å². The van der Waals surface area contributed by atoms with Crippen molar-refractivity contribution in [1.29, 1.82) is 0 Å². The fraction of sp³-hybridized carbons (Fsp3) is 0.111. The third kappa shape index (κ3) is 2.13. The van der Waals surface area contributed by atoms with E-state index >= 15 is 0 Å². The van der Waals surface area contributed by atoms with Gasteiger partial charge in [-0.25, -0.2) is 9.59 Å². The van der Waals surface area contributed by atoms with E-state index in [0.29, 0.717) is 0 Å². The number of hydroxylamine groups is 2. The van der Waals surface area contributed by atoms with Crippen LogP contribution in [-0.2, 0) is 14.4 Å². The molecule has 0 saturated heterocycles. The third-order valence-electron chi connectivity index (χ3n) is 2.31. The molecule has 2 amide bonds. The fourth-order valence-corrected chi connectivity index (χ4v) is 1.92. The average molecular weight is 296 g/mol. The molecule has 0 fully saturated rings. The molecule has 0 aliphatic carbocycles. The minimum Gasteiger partial charge on any atom is -0.221 e. The van der Waals surface area contributed by atoms with Crippen molar-refractivity contribution in [2.45, 2.75) is 5.51 Å². The summed E-state index contributed by atoms with van der Waals surface area (Å²) in [4.78, 5) is 23.2. The molecular weight excluding hydrogens is 291 g/mol. The molecule has 0 atom stereocenters. The van der Waals surface area contributed by atoms with Crippen molar-refractivity contribution in [3.63, 3.8) is 0 Å². The van der Waals surface area contributed by atoms with Crippen molar-refractivity contribution in [3.8, 4) is 0 Å². The molecule has 1 N–H and O–H groups in total. The van der Waals surface area contributed by atoms with Gasteiger partial charge in [0.05, 0.1) is 11.1 Å². The SMILES string of the molecule is O=C1c2ccccc2C(=O)[NH+]1OS(=O)(=O)C(F)(F)F. The predicted molar refractivity (Wildman–Crippen MR) is 52.1 cm³/mol. The molecule has 0 radical (unpaired) electrons. The number of fused-ring (bicyclic) bond motifs is 1. The summed E-state index contributed by atoms with van der Waals surface area (Å²) in [5.74, 6) is -2.37. The number of halogens is 3. The van der Waals surface area contributed by atoms with Crippen LogP contribution in [0, 0.1) is 0 Å². The third-order valence-corrected chi connectivity index (χ3v) is 3.26. The minimum atomic E-state index is -6.04. The lowest BCUT2D eigenvalue weighted by molar-refractivity contribution is -0.915. The van der Waals surface area contributed by atoms with Gasteiger partial charge in [-0.05, 0) is 21.5 Å². The molecule has 1 aromatic rings. The normalized spacial score (nSPS) is 16.8. The number of hydrogen-bond donors (Lipinski definition) is 1. The number of benzene rings is 1. The molecular formula is C9H5F3NO5S+. The van der Waals surface area contributed by atoms with Crippen molar-refractivity contribution < 1.29 is 40.5 Å². The van der Waals surface area contributed by atoms with E-state index in [9.17, 15) is 31.2 Å². The van der Waals surface area contributed by atoms with Crippen LogP contribution in [0.3, 0.4) is 0 Å². The van der Waals surface area contributed by atoms with E-state index in [0.717, 1.165) is 0 Å². The van der Waals surface area contributed by atoms with Gasteiger partial charge in [-0.15, -0.1) is 0 Å². The molecule has 2 rings (SSSR count). The van der Waals surface area contributed by atoms with Gasteiger partial charge in [-0.2, -0.15) is 21.6 Å². The van der Waals surface area contributed by atoms with Gasteiger partial charge in [-0.1, -0.05) is 12.1 Å². The number of quaternary nitrogens is 1. The van der Waals surface area contributed by atoms with Crippen LogP contribution in [0.5, 0.6) is 0 Å². The molecule has 0 aromatic heterocycles. The maximum Gasteiger partial charge on any atom is 0.528 e. The zero-order valence-corrected chi connectivity index (χ0v) is 9.71. The molecule has 1 aromatic carbocycles. The lowest BCUT2D eigenvalue weighted by Gasteiger charge is -2.08. The second-order valence-electron chi connectivity index (χ2n) is 3.52. The monoisotopic (exact) mass is 296 g/mol. The Labute approximate surface area is 104 Å².